The standard InChI is InChI=1S/C23H22ClN5O2/c1-15-8-9-19(24)12-21(15)28-23(26-14-17-5-4-10-25-13-17)29-22(31)18-6-3-7-20(11-18)27-16(2)30/h3-13H,14H2,1-2H3,(H,27,30)(H2,26,28,29,31). The van der Waals surface area contributed by atoms with Gasteiger partial charge in [-0.3, -0.25) is 19.9 Å². The maximum absolute atomic E-state index is 12.9. The summed E-state index contributed by atoms with van der Waals surface area (Å²) in [5.41, 5.74) is 3.48. The van der Waals surface area contributed by atoms with Gasteiger partial charge in [-0.2, -0.15) is 0 Å². The monoisotopic (exact) mass is 435 g/mol. The first kappa shape index (κ1) is 22.0. The second-order valence-electron chi connectivity index (χ2n) is 6.83. The van der Waals surface area contributed by atoms with Crippen molar-refractivity contribution in [3.05, 3.63) is 88.7 Å². The zero-order valence-corrected chi connectivity index (χ0v) is 17.9. The van der Waals surface area contributed by atoms with Gasteiger partial charge in [0, 0.05) is 41.3 Å². The number of aromatic nitrogens is 1. The van der Waals surface area contributed by atoms with Gasteiger partial charge in [0.15, 0.2) is 0 Å². The van der Waals surface area contributed by atoms with Gasteiger partial charge >= 0.3 is 0 Å². The van der Waals surface area contributed by atoms with Gasteiger partial charge in [0.2, 0.25) is 11.9 Å². The van der Waals surface area contributed by atoms with E-state index in [9.17, 15) is 9.59 Å². The number of carbonyl (C=O) groups excluding carboxylic acids is 2. The molecule has 8 heteroatoms. The number of carbonyl (C=O) groups is 2. The molecule has 0 fully saturated rings. The highest BCUT2D eigenvalue weighted by molar-refractivity contribution is 6.31. The van der Waals surface area contributed by atoms with Crippen molar-refractivity contribution in [2.75, 3.05) is 10.6 Å². The lowest BCUT2D eigenvalue weighted by Crippen LogP contribution is -2.36. The third-order valence-corrected chi connectivity index (χ3v) is 4.51. The van der Waals surface area contributed by atoms with Crippen LogP contribution < -0.4 is 16.0 Å². The van der Waals surface area contributed by atoms with Crippen molar-refractivity contribution < 1.29 is 9.59 Å². The fourth-order valence-corrected chi connectivity index (χ4v) is 2.92. The highest BCUT2D eigenvalue weighted by Crippen LogP contribution is 2.20. The van der Waals surface area contributed by atoms with E-state index >= 15 is 0 Å². The summed E-state index contributed by atoms with van der Waals surface area (Å²) in [5.74, 6) is -0.317. The molecular formula is C23H22ClN5O2. The number of halogens is 1. The topological polar surface area (TPSA) is 95.5 Å². The number of aliphatic imine (C=N–C) groups is 1. The van der Waals surface area contributed by atoms with Crippen LogP contribution in [0.25, 0.3) is 0 Å². The average Bonchev–Trinajstić information content (AvgIpc) is 2.75. The minimum atomic E-state index is -0.371. The molecule has 2 amide bonds. The first-order chi connectivity index (χ1) is 14.9. The Hall–Kier alpha value is -3.71. The van der Waals surface area contributed by atoms with E-state index in [1.54, 1.807) is 48.8 Å². The summed E-state index contributed by atoms with van der Waals surface area (Å²) in [6.45, 7) is 3.66. The molecule has 0 spiro atoms. The lowest BCUT2D eigenvalue weighted by Gasteiger charge is -2.14. The van der Waals surface area contributed by atoms with Gasteiger partial charge in [-0.1, -0.05) is 29.8 Å². The molecule has 31 heavy (non-hydrogen) atoms. The van der Waals surface area contributed by atoms with Crippen LogP contribution >= 0.6 is 11.6 Å². The molecule has 0 bridgehead atoms. The van der Waals surface area contributed by atoms with Crippen LogP contribution in [0.15, 0.2) is 72.0 Å². The van der Waals surface area contributed by atoms with Crippen molar-refractivity contribution in [2.24, 2.45) is 4.99 Å². The maximum Gasteiger partial charge on any atom is 0.258 e. The molecule has 3 aromatic rings. The van der Waals surface area contributed by atoms with Gasteiger partial charge in [0.1, 0.15) is 0 Å². The van der Waals surface area contributed by atoms with Crippen LogP contribution in [0.3, 0.4) is 0 Å². The fourth-order valence-electron chi connectivity index (χ4n) is 2.75. The van der Waals surface area contributed by atoms with E-state index in [-0.39, 0.29) is 17.8 Å². The highest BCUT2D eigenvalue weighted by atomic mass is 35.5. The van der Waals surface area contributed by atoms with Gasteiger partial charge in [-0.25, -0.2) is 4.99 Å². The Bertz CT molecular complexity index is 1120. The molecule has 0 aliphatic heterocycles. The second kappa shape index (κ2) is 10.4. The van der Waals surface area contributed by atoms with Gasteiger partial charge in [0.05, 0.1) is 6.54 Å². The first-order valence-electron chi connectivity index (χ1n) is 9.56. The van der Waals surface area contributed by atoms with E-state index < -0.39 is 0 Å². The summed E-state index contributed by atoms with van der Waals surface area (Å²) in [4.78, 5) is 32.8. The number of guanidine groups is 1. The average molecular weight is 436 g/mol. The molecule has 0 radical (unpaired) electrons. The third kappa shape index (κ3) is 6.65. The van der Waals surface area contributed by atoms with E-state index in [0.717, 1.165) is 16.8 Å². The largest absolute Gasteiger partial charge is 0.326 e. The van der Waals surface area contributed by atoms with Gasteiger partial charge < -0.3 is 10.6 Å². The number of nitrogens with one attached hydrogen (secondary N) is 3. The molecule has 0 atom stereocenters. The van der Waals surface area contributed by atoms with Crippen molar-refractivity contribution in [3.63, 3.8) is 0 Å². The maximum atomic E-state index is 12.9. The molecule has 0 saturated carbocycles. The Morgan fingerprint density at radius 2 is 1.90 bits per heavy atom. The van der Waals surface area contributed by atoms with Gasteiger partial charge in [-0.05, 0) is 54.4 Å². The Balaban J connectivity index is 1.84. The predicted octanol–water partition coefficient (Wildman–Crippen LogP) is 4.40. The molecule has 0 aliphatic rings. The van der Waals surface area contributed by atoms with Crippen LogP contribution in [-0.2, 0) is 11.3 Å². The minimum Gasteiger partial charge on any atom is -0.326 e. The number of hydrogen-bond acceptors (Lipinski definition) is 4. The zero-order valence-electron chi connectivity index (χ0n) is 17.1. The van der Waals surface area contributed by atoms with E-state index in [2.05, 4.69) is 25.9 Å². The van der Waals surface area contributed by atoms with Crippen molar-refractivity contribution in [3.8, 4) is 0 Å². The Morgan fingerprint density at radius 1 is 1.06 bits per heavy atom. The number of anilines is 2. The molecule has 0 saturated heterocycles. The number of hydrogen-bond donors (Lipinski definition) is 3. The Kier molecular flexibility index (Phi) is 7.35. The van der Waals surface area contributed by atoms with Crippen LogP contribution in [-0.4, -0.2) is 22.8 Å². The van der Waals surface area contributed by atoms with Gasteiger partial charge in [-0.15, -0.1) is 0 Å². The molecule has 0 aliphatic carbocycles. The minimum absolute atomic E-state index is 0.214. The lowest BCUT2D eigenvalue weighted by molar-refractivity contribution is -0.114. The zero-order chi connectivity index (χ0) is 22.2. The van der Waals surface area contributed by atoms with Crippen molar-refractivity contribution in [1.82, 2.24) is 10.3 Å². The quantitative estimate of drug-likeness (QED) is 0.409. The van der Waals surface area contributed by atoms with E-state index in [0.29, 0.717) is 22.8 Å². The number of amides is 2. The first-order valence-corrected chi connectivity index (χ1v) is 9.94. The number of pyridine rings is 1. The summed E-state index contributed by atoms with van der Waals surface area (Å²) in [7, 11) is 0. The second-order valence-corrected chi connectivity index (χ2v) is 7.26. The molecule has 0 unspecified atom stereocenters. The lowest BCUT2D eigenvalue weighted by atomic mass is 10.2. The predicted molar refractivity (Wildman–Crippen MR) is 123 cm³/mol. The summed E-state index contributed by atoms with van der Waals surface area (Å²) in [6.07, 6.45) is 3.40. The molecule has 3 N–H and O–H groups in total. The summed E-state index contributed by atoms with van der Waals surface area (Å²) in [6, 6.07) is 15.8. The molecule has 2 aromatic carbocycles. The van der Waals surface area contributed by atoms with Crippen LogP contribution in [0.2, 0.25) is 5.02 Å². The van der Waals surface area contributed by atoms with Crippen LogP contribution in [0.4, 0.5) is 11.4 Å². The third-order valence-electron chi connectivity index (χ3n) is 4.27. The highest BCUT2D eigenvalue weighted by Gasteiger charge is 2.12. The molecule has 3 rings (SSSR count). The normalized spacial score (nSPS) is 11.0. The summed E-state index contributed by atoms with van der Waals surface area (Å²) < 4.78 is 0. The van der Waals surface area contributed by atoms with Crippen molar-refractivity contribution >= 4 is 40.7 Å². The van der Waals surface area contributed by atoms with Crippen molar-refractivity contribution in [2.45, 2.75) is 20.4 Å². The molecule has 1 aromatic heterocycles. The summed E-state index contributed by atoms with van der Waals surface area (Å²) >= 11 is 6.12. The van der Waals surface area contributed by atoms with Crippen LogP contribution in [0.1, 0.15) is 28.4 Å². The molecule has 158 valence electrons. The van der Waals surface area contributed by atoms with Crippen LogP contribution in [0.5, 0.6) is 0 Å². The SMILES string of the molecule is CC(=O)Nc1cccc(C(=O)NC(=NCc2cccnc2)Nc2cc(Cl)ccc2C)c1. The Labute approximate surface area is 185 Å². The molecule has 7 nitrogen and oxygen atoms in total. The fraction of sp³-hybridized carbons (Fsp3) is 0.130. The molecule has 1 heterocycles. The van der Waals surface area contributed by atoms with E-state index in [1.807, 2.05) is 25.1 Å². The Morgan fingerprint density at radius 3 is 2.65 bits per heavy atom. The van der Waals surface area contributed by atoms with Gasteiger partial charge in [0.25, 0.3) is 5.91 Å². The smallest absolute Gasteiger partial charge is 0.258 e. The number of rotatable bonds is 5. The molecular weight excluding hydrogens is 414 g/mol. The number of benzene rings is 2. The number of aryl methyl sites for hydroxylation is 1. The summed E-state index contributed by atoms with van der Waals surface area (Å²) in [5, 5.41) is 9.18. The van der Waals surface area contributed by atoms with Crippen molar-refractivity contribution in [1.29, 1.82) is 0 Å². The van der Waals surface area contributed by atoms with E-state index in [4.69, 9.17) is 11.6 Å². The number of nitrogens with zero attached hydrogens (tertiary/aromatic N) is 2. The van der Waals surface area contributed by atoms with E-state index in [1.165, 1.54) is 6.92 Å². The van der Waals surface area contributed by atoms with Crippen LogP contribution in [0, 0.1) is 6.92 Å².